The van der Waals surface area contributed by atoms with Gasteiger partial charge in [-0.25, -0.2) is 4.79 Å². The van der Waals surface area contributed by atoms with Crippen molar-refractivity contribution in [1.29, 1.82) is 0 Å². The van der Waals surface area contributed by atoms with E-state index in [9.17, 15) is 9.90 Å². The summed E-state index contributed by atoms with van der Waals surface area (Å²) in [7, 11) is 2.76. The maximum Gasteiger partial charge on any atom is 0.362 e. The van der Waals surface area contributed by atoms with Gasteiger partial charge < -0.3 is 14.6 Å². The van der Waals surface area contributed by atoms with E-state index in [1.165, 1.54) is 14.0 Å². The van der Waals surface area contributed by atoms with Crippen molar-refractivity contribution in [3.05, 3.63) is 35.7 Å². The van der Waals surface area contributed by atoms with Crippen LogP contribution in [0.5, 0.6) is 5.75 Å². The summed E-state index contributed by atoms with van der Waals surface area (Å²) in [5, 5.41) is 16.8. The van der Waals surface area contributed by atoms with Gasteiger partial charge in [-0.05, 0) is 31.2 Å². The normalized spacial score (nSPS) is 12.2. The predicted molar refractivity (Wildman–Crippen MR) is 64.9 cm³/mol. The maximum atomic E-state index is 11.3. The Bertz CT molecular complexity index is 473. The van der Waals surface area contributed by atoms with E-state index in [0.717, 1.165) is 0 Å². The van der Waals surface area contributed by atoms with Gasteiger partial charge in [0.25, 0.3) is 0 Å². The summed E-state index contributed by atoms with van der Waals surface area (Å²) in [6.07, 6.45) is 0. The Balaban J connectivity index is 2.90. The minimum absolute atomic E-state index is 0.228. The van der Waals surface area contributed by atoms with Crippen LogP contribution in [0.2, 0.25) is 0 Å². The third-order valence-corrected chi connectivity index (χ3v) is 2.06. The molecule has 1 N–H and O–H groups in total. The summed E-state index contributed by atoms with van der Waals surface area (Å²) in [6, 6.07) is 6.76. The Hall–Kier alpha value is -2.37. The average Bonchev–Trinajstić information content (AvgIpc) is 2.39. The second-order valence-electron chi connectivity index (χ2n) is 3.32. The summed E-state index contributed by atoms with van der Waals surface area (Å²) in [4.78, 5) is 11.3. The van der Waals surface area contributed by atoms with Crippen LogP contribution >= 0.6 is 0 Å². The standard InChI is InChI=1S/C12H14N2O4/c1-8(15)11(12(16)18-3)14-13-9-4-6-10(17-2)7-5-9/h4-7,15H,1-3H3/b11-8+,14-13?. The van der Waals surface area contributed by atoms with Gasteiger partial charge in [0, 0.05) is 0 Å². The molecule has 0 saturated heterocycles. The molecule has 0 bridgehead atoms. The van der Waals surface area contributed by atoms with E-state index < -0.39 is 5.97 Å². The van der Waals surface area contributed by atoms with Crippen LogP contribution in [0.3, 0.4) is 0 Å². The number of hydrogen-bond acceptors (Lipinski definition) is 6. The summed E-state index contributed by atoms with van der Waals surface area (Å²) >= 11 is 0. The summed E-state index contributed by atoms with van der Waals surface area (Å²) in [5.41, 5.74) is 0.298. The van der Waals surface area contributed by atoms with Crippen LogP contribution in [0.1, 0.15) is 6.92 Å². The molecular weight excluding hydrogens is 236 g/mol. The van der Waals surface area contributed by atoms with Gasteiger partial charge in [0.2, 0.25) is 5.70 Å². The number of nitrogens with zero attached hydrogens (tertiary/aromatic N) is 2. The van der Waals surface area contributed by atoms with Crippen LogP contribution in [-0.4, -0.2) is 25.3 Å². The lowest BCUT2D eigenvalue weighted by atomic mass is 10.3. The zero-order valence-electron chi connectivity index (χ0n) is 10.4. The highest BCUT2D eigenvalue weighted by Crippen LogP contribution is 2.19. The number of aliphatic hydroxyl groups excluding tert-OH is 1. The molecule has 0 amide bonds. The maximum absolute atomic E-state index is 11.3. The zero-order valence-corrected chi connectivity index (χ0v) is 10.4. The van der Waals surface area contributed by atoms with E-state index in [1.807, 2.05) is 0 Å². The van der Waals surface area contributed by atoms with Crippen molar-refractivity contribution in [3.63, 3.8) is 0 Å². The molecule has 1 aromatic rings. The number of ether oxygens (including phenoxy) is 2. The lowest BCUT2D eigenvalue weighted by Gasteiger charge is -2.00. The number of esters is 1. The van der Waals surface area contributed by atoms with Gasteiger partial charge in [0.15, 0.2) is 0 Å². The van der Waals surface area contributed by atoms with Gasteiger partial charge in [-0.15, -0.1) is 5.11 Å². The lowest BCUT2D eigenvalue weighted by molar-refractivity contribution is -0.136. The van der Waals surface area contributed by atoms with E-state index in [1.54, 1.807) is 31.4 Å². The van der Waals surface area contributed by atoms with Crippen molar-refractivity contribution in [2.75, 3.05) is 14.2 Å². The van der Waals surface area contributed by atoms with E-state index in [2.05, 4.69) is 15.0 Å². The number of benzene rings is 1. The highest BCUT2D eigenvalue weighted by atomic mass is 16.5. The molecule has 6 heteroatoms. The summed E-state index contributed by atoms with van der Waals surface area (Å²) in [6.45, 7) is 1.33. The fraction of sp³-hybridized carbons (Fsp3) is 0.250. The van der Waals surface area contributed by atoms with Crippen LogP contribution in [0.4, 0.5) is 5.69 Å². The van der Waals surface area contributed by atoms with Gasteiger partial charge in [-0.1, -0.05) is 0 Å². The van der Waals surface area contributed by atoms with Crippen LogP contribution in [-0.2, 0) is 9.53 Å². The first-order valence-corrected chi connectivity index (χ1v) is 5.12. The molecule has 18 heavy (non-hydrogen) atoms. The van der Waals surface area contributed by atoms with E-state index in [4.69, 9.17) is 4.74 Å². The van der Waals surface area contributed by atoms with Gasteiger partial charge in [0.1, 0.15) is 11.5 Å². The first kappa shape index (κ1) is 13.7. The van der Waals surface area contributed by atoms with Gasteiger partial charge in [-0.2, -0.15) is 5.11 Å². The molecule has 0 radical (unpaired) electrons. The molecule has 0 atom stereocenters. The van der Waals surface area contributed by atoms with Gasteiger partial charge in [-0.3, -0.25) is 0 Å². The molecule has 0 heterocycles. The van der Waals surface area contributed by atoms with Crippen molar-refractivity contribution >= 4 is 11.7 Å². The molecule has 0 spiro atoms. The van der Waals surface area contributed by atoms with Gasteiger partial charge >= 0.3 is 5.97 Å². The summed E-state index contributed by atoms with van der Waals surface area (Å²) < 4.78 is 9.46. The molecule has 0 aromatic heterocycles. The van der Waals surface area contributed by atoms with Crippen molar-refractivity contribution in [2.45, 2.75) is 6.92 Å². The smallest absolute Gasteiger partial charge is 0.362 e. The van der Waals surface area contributed by atoms with Crippen molar-refractivity contribution < 1.29 is 19.4 Å². The quantitative estimate of drug-likeness (QED) is 0.385. The van der Waals surface area contributed by atoms with E-state index in [-0.39, 0.29) is 11.5 Å². The van der Waals surface area contributed by atoms with E-state index in [0.29, 0.717) is 11.4 Å². The highest BCUT2D eigenvalue weighted by molar-refractivity contribution is 5.88. The molecule has 96 valence electrons. The lowest BCUT2D eigenvalue weighted by Crippen LogP contribution is -2.04. The number of azo groups is 1. The summed E-state index contributed by atoms with van der Waals surface area (Å²) in [5.74, 6) is -0.303. The van der Waals surface area contributed by atoms with E-state index >= 15 is 0 Å². The van der Waals surface area contributed by atoms with Crippen molar-refractivity contribution in [3.8, 4) is 5.75 Å². The molecule has 1 aromatic carbocycles. The number of rotatable bonds is 4. The van der Waals surface area contributed by atoms with Crippen LogP contribution in [0, 0.1) is 0 Å². The number of carbonyl (C=O) groups is 1. The monoisotopic (exact) mass is 250 g/mol. The number of hydrogen-bond donors (Lipinski definition) is 1. The Labute approximate surface area is 105 Å². The van der Waals surface area contributed by atoms with Crippen molar-refractivity contribution in [2.24, 2.45) is 10.2 Å². The fourth-order valence-corrected chi connectivity index (χ4v) is 1.11. The van der Waals surface area contributed by atoms with Gasteiger partial charge in [0.05, 0.1) is 19.9 Å². The second kappa shape index (κ2) is 6.39. The molecule has 0 aliphatic carbocycles. The zero-order chi connectivity index (χ0) is 13.5. The first-order chi connectivity index (χ1) is 8.58. The SMILES string of the molecule is COC(=O)/C(N=Nc1ccc(OC)cc1)=C(/C)O. The largest absolute Gasteiger partial charge is 0.510 e. The minimum atomic E-state index is -0.743. The Kier molecular flexibility index (Phi) is 4.86. The Morgan fingerprint density at radius 3 is 2.28 bits per heavy atom. The number of carbonyl (C=O) groups excluding carboxylic acids is 1. The van der Waals surface area contributed by atoms with Crippen LogP contribution in [0.15, 0.2) is 46.0 Å². The predicted octanol–water partition coefficient (Wildman–Crippen LogP) is 2.74. The number of aliphatic hydroxyl groups is 1. The molecular formula is C12H14N2O4. The van der Waals surface area contributed by atoms with Crippen LogP contribution < -0.4 is 4.74 Å². The minimum Gasteiger partial charge on any atom is -0.510 e. The number of methoxy groups -OCH3 is 2. The van der Waals surface area contributed by atoms with Crippen LogP contribution in [0.25, 0.3) is 0 Å². The molecule has 0 aliphatic rings. The third kappa shape index (κ3) is 3.58. The first-order valence-electron chi connectivity index (χ1n) is 5.12. The molecule has 1 rings (SSSR count). The molecule has 0 fully saturated rings. The molecule has 0 aliphatic heterocycles. The Morgan fingerprint density at radius 2 is 1.83 bits per heavy atom. The molecule has 6 nitrogen and oxygen atoms in total. The second-order valence-corrected chi connectivity index (χ2v) is 3.32. The molecule has 0 saturated carbocycles. The number of allylic oxidation sites excluding steroid dienone is 1. The van der Waals surface area contributed by atoms with Crippen molar-refractivity contribution in [1.82, 2.24) is 0 Å². The topological polar surface area (TPSA) is 80.5 Å². The fourth-order valence-electron chi connectivity index (χ4n) is 1.11. The molecule has 0 unspecified atom stereocenters. The third-order valence-electron chi connectivity index (χ3n) is 2.06. The average molecular weight is 250 g/mol. The highest BCUT2D eigenvalue weighted by Gasteiger charge is 2.12. The Morgan fingerprint density at radius 1 is 1.22 bits per heavy atom.